The molecular weight excluding hydrogens is 138 g/mol. The average molecular weight is 153 g/mol. The third kappa shape index (κ3) is 1.73. The van der Waals surface area contributed by atoms with Crippen LogP contribution in [0.25, 0.3) is 0 Å². The SMILES string of the molecule is CC(C)C(C)n1cc(N)cn1. The van der Waals surface area contributed by atoms with E-state index in [-0.39, 0.29) is 0 Å². The van der Waals surface area contributed by atoms with Gasteiger partial charge in [0.25, 0.3) is 0 Å². The lowest BCUT2D eigenvalue weighted by Crippen LogP contribution is -2.11. The van der Waals surface area contributed by atoms with Crippen molar-refractivity contribution < 1.29 is 0 Å². The van der Waals surface area contributed by atoms with Gasteiger partial charge in [0, 0.05) is 6.20 Å². The molecule has 2 N–H and O–H groups in total. The van der Waals surface area contributed by atoms with E-state index in [2.05, 4.69) is 25.9 Å². The second-order valence-corrected chi connectivity index (χ2v) is 3.24. The van der Waals surface area contributed by atoms with Gasteiger partial charge in [-0.05, 0) is 12.8 Å². The first-order valence-corrected chi connectivity index (χ1v) is 3.91. The van der Waals surface area contributed by atoms with E-state index in [1.54, 1.807) is 6.20 Å². The lowest BCUT2D eigenvalue weighted by Gasteiger charge is -2.15. The highest BCUT2D eigenvalue weighted by Gasteiger charge is 2.09. The summed E-state index contributed by atoms with van der Waals surface area (Å²) in [6.07, 6.45) is 3.55. The summed E-state index contributed by atoms with van der Waals surface area (Å²) in [6, 6.07) is 0.423. The van der Waals surface area contributed by atoms with E-state index in [0.29, 0.717) is 12.0 Å². The zero-order chi connectivity index (χ0) is 8.43. The van der Waals surface area contributed by atoms with Gasteiger partial charge in [0.05, 0.1) is 17.9 Å². The summed E-state index contributed by atoms with van der Waals surface area (Å²) >= 11 is 0. The third-order valence-electron chi connectivity index (χ3n) is 2.00. The van der Waals surface area contributed by atoms with Crippen LogP contribution in [0.5, 0.6) is 0 Å². The summed E-state index contributed by atoms with van der Waals surface area (Å²) in [5, 5.41) is 4.13. The van der Waals surface area contributed by atoms with Crippen LogP contribution in [-0.4, -0.2) is 9.78 Å². The molecule has 62 valence electrons. The highest BCUT2D eigenvalue weighted by atomic mass is 15.3. The average Bonchev–Trinajstić information content (AvgIpc) is 2.34. The van der Waals surface area contributed by atoms with Gasteiger partial charge in [-0.15, -0.1) is 0 Å². The molecule has 0 amide bonds. The van der Waals surface area contributed by atoms with Crippen molar-refractivity contribution in [2.24, 2.45) is 5.92 Å². The smallest absolute Gasteiger partial charge is 0.0719 e. The van der Waals surface area contributed by atoms with Gasteiger partial charge in [-0.25, -0.2) is 0 Å². The van der Waals surface area contributed by atoms with Crippen molar-refractivity contribution in [2.45, 2.75) is 26.8 Å². The van der Waals surface area contributed by atoms with E-state index in [1.807, 2.05) is 10.9 Å². The lowest BCUT2D eigenvalue weighted by molar-refractivity contribution is 0.375. The van der Waals surface area contributed by atoms with Crippen LogP contribution in [0.4, 0.5) is 5.69 Å². The van der Waals surface area contributed by atoms with Crippen molar-refractivity contribution >= 4 is 5.69 Å². The Labute approximate surface area is 67.2 Å². The van der Waals surface area contributed by atoms with E-state index in [0.717, 1.165) is 5.69 Å². The Hall–Kier alpha value is -0.990. The first-order chi connectivity index (χ1) is 5.11. The van der Waals surface area contributed by atoms with E-state index in [4.69, 9.17) is 5.73 Å². The van der Waals surface area contributed by atoms with Crippen LogP contribution in [0.15, 0.2) is 12.4 Å². The van der Waals surface area contributed by atoms with Crippen molar-refractivity contribution in [2.75, 3.05) is 5.73 Å². The quantitative estimate of drug-likeness (QED) is 0.702. The van der Waals surface area contributed by atoms with Crippen LogP contribution < -0.4 is 5.73 Å². The molecule has 1 aromatic heterocycles. The maximum atomic E-state index is 5.53. The predicted octanol–water partition coefficient (Wildman–Crippen LogP) is 1.68. The molecule has 1 unspecified atom stereocenters. The Morgan fingerprint density at radius 3 is 2.45 bits per heavy atom. The summed E-state index contributed by atoms with van der Waals surface area (Å²) in [7, 11) is 0. The molecule has 1 heterocycles. The van der Waals surface area contributed by atoms with Gasteiger partial charge in [0.2, 0.25) is 0 Å². The molecule has 0 fully saturated rings. The predicted molar refractivity (Wildman–Crippen MR) is 46.2 cm³/mol. The first-order valence-electron chi connectivity index (χ1n) is 3.91. The zero-order valence-corrected chi connectivity index (χ0v) is 7.28. The third-order valence-corrected chi connectivity index (χ3v) is 2.00. The molecule has 1 aromatic rings. The number of hydrogen-bond donors (Lipinski definition) is 1. The van der Waals surface area contributed by atoms with Crippen molar-refractivity contribution in [1.82, 2.24) is 9.78 Å². The maximum Gasteiger partial charge on any atom is 0.0719 e. The van der Waals surface area contributed by atoms with E-state index in [9.17, 15) is 0 Å². The minimum Gasteiger partial charge on any atom is -0.396 e. The van der Waals surface area contributed by atoms with Gasteiger partial charge in [-0.1, -0.05) is 13.8 Å². The lowest BCUT2D eigenvalue weighted by atomic mass is 10.1. The molecular formula is C8H15N3. The fraction of sp³-hybridized carbons (Fsp3) is 0.625. The molecule has 0 spiro atoms. The van der Waals surface area contributed by atoms with Gasteiger partial charge in [0.15, 0.2) is 0 Å². The van der Waals surface area contributed by atoms with Gasteiger partial charge < -0.3 is 5.73 Å². The Morgan fingerprint density at radius 1 is 1.45 bits per heavy atom. The summed E-state index contributed by atoms with van der Waals surface area (Å²) in [4.78, 5) is 0. The Balaban J connectivity index is 2.76. The summed E-state index contributed by atoms with van der Waals surface area (Å²) < 4.78 is 1.90. The first kappa shape index (κ1) is 8.11. The molecule has 1 rings (SSSR count). The molecule has 11 heavy (non-hydrogen) atoms. The fourth-order valence-corrected chi connectivity index (χ4v) is 0.881. The molecule has 0 aliphatic heterocycles. The largest absolute Gasteiger partial charge is 0.396 e. The second-order valence-electron chi connectivity index (χ2n) is 3.24. The standard InChI is InChI=1S/C8H15N3/c1-6(2)7(3)11-5-8(9)4-10-11/h4-7H,9H2,1-3H3. The number of rotatable bonds is 2. The number of nitrogens with two attached hydrogens (primary N) is 1. The fourth-order valence-electron chi connectivity index (χ4n) is 0.881. The van der Waals surface area contributed by atoms with Gasteiger partial charge in [0.1, 0.15) is 0 Å². The summed E-state index contributed by atoms with van der Waals surface area (Å²) in [6.45, 7) is 6.47. The minimum absolute atomic E-state index is 0.423. The number of hydrogen-bond acceptors (Lipinski definition) is 2. The van der Waals surface area contributed by atoms with Gasteiger partial charge >= 0.3 is 0 Å². The van der Waals surface area contributed by atoms with Crippen molar-refractivity contribution in [3.63, 3.8) is 0 Å². The molecule has 0 saturated carbocycles. The normalized spacial score (nSPS) is 13.8. The molecule has 0 aromatic carbocycles. The molecule has 0 bridgehead atoms. The molecule has 0 aliphatic carbocycles. The van der Waals surface area contributed by atoms with Crippen LogP contribution in [0.1, 0.15) is 26.8 Å². The van der Waals surface area contributed by atoms with Crippen LogP contribution in [0.3, 0.4) is 0 Å². The van der Waals surface area contributed by atoms with Crippen LogP contribution in [0.2, 0.25) is 0 Å². The highest BCUT2D eigenvalue weighted by molar-refractivity contribution is 5.30. The van der Waals surface area contributed by atoms with Gasteiger partial charge in [-0.2, -0.15) is 5.10 Å². The zero-order valence-electron chi connectivity index (χ0n) is 7.28. The van der Waals surface area contributed by atoms with Crippen molar-refractivity contribution in [3.8, 4) is 0 Å². The molecule has 0 radical (unpaired) electrons. The number of nitrogen functional groups attached to an aromatic ring is 1. The molecule has 3 heteroatoms. The van der Waals surface area contributed by atoms with Crippen molar-refractivity contribution in [3.05, 3.63) is 12.4 Å². The summed E-state index contributed by atoms with van der Waals surface area (Å²) in [5.74, 6) is 0.592. The molecule has 0 aliphatic rings. The van der Waals surface area contributed by atoms with E-state index in [1.165, 1.54) is 0 Å². The summed E-state index contributed by atoms with van der Waals surface area (Å²) in [5.41, 5.74) is 6.27. The monoisotopic (exact) mass is 153 g/mol. The number of anilines is 1. The highest BCUT2D eigenvalue weighted by Crippen LogP contribution is 2.16. The van der Waals surface area contributed by atoms with Crippen LogP contribution >= 0.6 is 0 Å². The van der Waals surface area contributed by atoms with Crippen LogP contribution in [-0.2, 0) is 0 Å². The second kappa shape index (κ2) is 2.95. The topological polar surface area (TPSA) is 43.8 Å². The maximum absolute atomic E-state index is 5.53. The van der Waals surface area contributed by atoms with Crippen molar-refractivity contribution in [1.29, 1.82) is 0 Å². The van der Waals surface area contributed by atoms with E-state index >= 15 is 0 Å². The molecule has 0 saturated heterocycles. The minimum atomic E-state index is 0.423. The van der Waals surface area contributed by atoms with Gasteiger partial charge in [-0.3, -0.25) is 4.68 Å². The Kier molecular flexibility index (Phi) is 2.17. The number of nitrogens with zero attached hydrogens (tertiary/aromatic N) is 2. The molecule has 3 nitrogen and oxygen atoms in total. The van der Waals surface area contributed by atoms with Crippen LogP contribution in [0, 0.1) is 5.92 Å². The molecule has 1 atom stereocenters. The number of aromatic nitrogens is 2. The van der Waals surface area contributed by atoms with E-state index < -0.39 is 0 Å². The Bertz CT molecular complexity index is 227. The Morgan fingerprint density at radius 2 is 2.09 bits per heavy atom.